The third kappa shape index (κ3) is 1.84. The number of hydrogen-bond donors (Lipinski definition) is 2. The van der Waals surface area contributed by atoms with Gasteiger partial charge in [-0.15, -0.1) is 0 Å². The number of anilines is 1. The Morgan fingerprint density at radius 2 is 2.05 bits per heavy atom. The number of carbonyl (C=O) groups is 1. The summed E-state index contributed by atoms with van der Waals surface area (Å²) < 4.78 is 2.04. The number of fused-ring (bicyclic) bond motifs is 1. The monoisotopic (exact) mass is 275 g/mol. The van der Waals surface area contributed by atoms with Crippen molar-refractivity contribution >= 4 is 11.6 Å². The van der Waals surface area contributed by atoms with Crippen molar-refractivity contribution < 1.29 is 9.90 Å². The molecule has 3 N–H and O–H groups in total. The Kier molecular flexibility index (Phi) is 2.61. The number of hydrogen-bond acceptors (Lipinski definition) is 3. The maximum atomic E-state index is 12.7. The first kappa shape index (κ1) is 12.3. The first-order valence-electron chi connectivity index (χ1n) is 7.58. The Labute approximate surface area is 118 Å². The fraction of sp³-hybridized carbons (Fsp3) is 0.667. The number of likely N-dealkylation sites (tertiary alicyclic amines) is 1. The molecule has 5 heteroatoms. The van der Waals surface area contributed by atoms with Gasteiger partial charge in [-0.05, 0) is 37.7 Å². The van der Waals surface area contributed by atoms with Crippen LogP contribution in [0.4, 0.5) is 5.69 Å². The van der Waals surface area contributed by atoms with E-state index in [4.69, 9.17) is 5.73 Å². The van der Waals surface area contributed by atoms with E-state index in [9.17, 15) is 9.90 Å². The van der Waals surface area contributed by atoms with Gasteiger partial charge in [0.25, 0.3) is 5.91 Å². The quantitative estimate of drug-likeness (QED) is 0.853. The van der Waals surface area contributed by atoms with Crippen LogP contribution in [0.1, 0.15) is 42.2 Å². The van der Waals surface area contributed by atoms with Gasteiger partial charge in [-0.1, -0.05) is 0 Å². The van der Waals surface area contributed by atoms with Gasteiger partial charge in [-0.25, -0.2) is 0 Å². The van der Waals surface area contributed by atoms with E-state index in [0.29, 0.717) is 24.2 Å². The Morgan fingerprint density at radius 3 is 2.75 bits per heavy atom. The summed E-state index contributed by atoms with van der Waals surface area (Å²) in [5, 5.41) is 9.96. The number of nitrogens with two attached hydrogens (primary N) is 1. The molecule has 3 unspecified atom stereocenters. The molecule has 108 valence electrons. The number of carbonyl (C=O) groups excluding carboxylic acids is 1. The Balaban J connectivity index is 1.56. The average molecular weight is 275 g/mol. The van der Waals surface area contributed by atoms with Crippen LogP contribution in [0.3, 0.4) is 0 Å². The molecule has 0 aromatic carbocycles. The molecule has 3 aliphatic rings. The summed E-state index contributed by atoms with van der Waals surface area (Å²) in [6, 6.07) is 2.25. The summed E-state index contributed by atoms with van der Waals surface area (Å²) >= 11 is 0. The molecular formula is C15H21N3O2. The van der Waals surface area contributed by atoms with Crippen LogP contribution < -0.4 is 5.73 Å². The molecule has 1 aromatic heterocycles. The highest BCUT2D eigenvalue weighted by molar-refractivity contribution is 5.94. The Bertz CT molecular complexity index is 549. The lowest BCUT2D eigenvalue weighted by atomic mass is 10.00. The summed E-state index contributed by atoms with van der Waals surface area (Å²) in [4.78, 5) is 14.6. The minimum Gasteiger partial charge on any atom is -0.397 e. The third-order valence-electron chi connectivity index (χ3n) is 5.14. The second-order valence-corrected chi connectivity index (χ2v) is 6.58. The van der Waals surface area contributed by atoms with Crippen molar-refractivity contribution in [2.45, 2.75) is 37.8 Å². The van der Waals surface area contributed by atoms with E-state index < -0.39 is 0 Å². The zero-order valence-corrected chi connectivity index (χ0v) is 11.5. The van der Waals surface area contributed by atoms with Crippen molar-refractivity contribution in [1.29, 1.82) is 0 Å². The number of nitrogen functional groups attached to an aromatic ring is 1. The molecule has 2 heterocycles. The highest BCUT2D eigenvalue weighted by atomic mass is 16.3. The van der Waals surface area contributed by atoms with Gasteiger partial charge < -0.3 is 20.3 Å². The fourth-order valence-electron chi connectivity index (χ4n) is 3.89. The molecule has 0 bridgehead atoms. The van der Waals surface area contributed by atoms with Crippen molar-refractivity contribution in [3.05, 3.63) is 18.0 Å². The van der Waals surface area contributed by atoms with Crippen molar-refractivity contribution in [3.8, 4) is 0 Å². The summed E-state index contributed by atoms with van der Waals surface area (Å²) in [6.45, 7) is 1.48. The van der Waals surface area contributed by atoms with Crippen LogP contribution >= 0.6 is 0 Å². The van der Waals surface area contributed by atoms with Crippen molar-refractivity contribution in [2.24, 2.45) is 11.8 Å². The largest absolute Gasteiger partial charge is 0.397 e. The lowest BCUT2D eigenvalue weighted by molar-refractivity contribution is 0.0742. The lowest BCUT2D eigenvalue weighted by Gasteiger charge is -2.19. The van der Waals surface area contributed by atoms with Crippen LogP contribution in [0.15, 0.2) is 12.3 Å². The zero-order chi connectivity index (χ0) is 13.9. The maximum absolute atomic E-state index is 12.7. The predicted molar refractivity (Wildman–Crippen MR) is 75.2 cm³/mol. The van der Waals surface area contributed by atoms with Gasteiger partial charge in [-0.2, -0.15) is 0 Å². The highest BCUT2D eigenvalue weighted by Gasteiger charge is 2.44. The molecule has 1 amide bonds. The van der Waals surface area contributed by atoms with E-state index in [2.05, 4.69) is 0 Å². The van der Waals surface area contributed by atoms with Gasteiger partial charge in [-0.3, -0.25) is 4.79 Å². The van der Waals surface area contributed by atoms with Crippen molar-refractivity contribution in [2.75, 3.05) is 18.8 Å². The third-order valence-corrected chi connectivity index (χ3v) is 5.14. The molecule has 1 saturated heterocycles. The topological polar surface area (TPSA) is 71.5 Å². The first-order valence-corrected chi connectivity index (χ1v) is 7.58. The summed E-state index contributed by atoms with van der Waals surface area (Å²) in [5.74, 6) is 0.839. The molecule has 0 spiro atoms. The number of nitrogens with zero attached hydrogens (tertiary/aromatic N) is 2. The van der Waals surface area contributed by atoms with Gasteiger partial charge in [0, 0.05) is 31.2 Å². The minimum absolute atomic E-state index is 0.0789. The number of aliphatic hydroxyl groups excluding tert-OH is 1. The van der Waals surface area contributed by atoms with E-state index in [1.54, 1.807) is 6.07 Å². The second kappa shape index (κ2) is 4.25. The van der Waals surface area contributed by atoms with Crippen LogP contribution in [0.5, 0.6) is 0 Å². The number of aliphatic hydroxyl groups is 1. The molecule has 3 fully saturated rings. The first-order chi connectivity index (χ1) is 9.63. The van der Waals surface area contributed by atoms with Crippen molar-refractivity contribution in [1.82, 2.24) is 9.47 Å². The van der Waals surface area contributed by atoms with Crippen LogP contribution in [0.25, 0.3) is 0 Å². The lowest BCUT2D eigenvalue weighted by Crippen LogP contribution is -2.32. The second-order valence-electron chi connectivity index (χ2n) is 6.58. The van der Waals surface area contributed by atoms with Crippen LogP contribution in [0, 0.1) is 11.8 Å². The zero-order valence-electron chi connectivity index (χ0n) is 11.5. The van der Waals surface area contributed by atoms with Crippen LogP contribution in [0.2, 0.25) is 0 Å². The normalized spacial score (nSPS) is 32.6. The van der Waals surface area contributed by atoms with Gasteiger partial charge >= 0.3 is 0 Å². The van der Waals surface area contributed by atoms with Gasteiger partial charge in [0.05, 0.1) is 11.8 Å². The highest BCUT2D eigenvalue weighted by Crippen LogP contribution is 2.40. The van der Waals surface area contributed by atoms with E-state index in [1.165, 1.54) is 0 Å². The molecular weight excluding hydrogens is 254 g/mol. The summed E-state index contributed by atoms with van der Waals surface area (Å²) in [5.41, 5.74) is 7.25. The van der Waals surface area contributed by atoms with Gasteiger partial charge in [0.15, 0.2) is 0 Å². The van der Waals surface area contributed by atoms with E-state index >= 15 is 0 Å². The molecule has 1 aliphatic heterocycles. The van der Waals surface area contributed by atoms with Gasteiger partial charge in [0.2, 0.25) is 0 Å². The van der Waals surface area contributed by atoms with E-state index in [0.717, 1.165) is 37.9 Å². The van der Waals surface area contributed by atoms with Crippen molar-refractivity contribution in [3.63, 3.8) is 0 Å². The Hall–Kier alpha value is -1.49. The van der Waals surface area contributed by atoms with Crippen LogP contribution in [-0.4, -0.2) is 39.7 Å². The fourth-order valence-corrected chi connectivity index (χ4v) is 3.89. The molecule has 3 atom stereocenters. The van der Waals surface area contributed by atoms with E-state index in [-0.39, 0.29) is 17.9 Å². The number of aromatic nitrogens is 1. The molecule has 0 radical (unpaired) electrons. The molecule has 4 rings (SSSR count). The summed E-state index contributed by atoms with van der Waals surface area (Å²) in [6.07, 6.45) is 5.87. The number of rotatable bonds is 2. The molecule has 5 nitrogen and oxygen atoms in total. The maximum Gasteiger partial charge on any atom is 0.270 e. The minimum atomic E-state index is -0.224. The smallest absolute Gasteiger partial charge is 0.270 e. The molecule has 1 aromatic rings. The molecule has 2 aliphatic carbocycles. The Morgan fingerprint density at radius 1 is 1.25 bits per heavy atom. The number of amides is 1. The summed E-state index contributed by atoms with van der Waals surface area (Å²) in [7, 11) is 0. The SMILES string of the molecule is Nc1cc(C(=O)N2CC3CCC(O)C3C2)n(C2CC2)c1. The molecule has 2 saturated carbocycles. The van der Waals surface area contributed by atoms with Gasteiger partial charge in [0.1, 0.15) is 5.69 Å². The average Bonchev–Trinajstić information content (AvgIpc) is 2.91. The molecule has 20 heavy (non-hydrogen) atoms. The standard InChI is InChI=1S/C15H21N3O2/c16-10-5-13(18(7-10)11-2-3-11)15(20)17-6-9-1-4-14(19)12(9)8-17/h5,7,9,11-12,14,19H,1-4,6,8,16H2. The van der Waals surface area contributed by atoms with E-state index in [1.807, 2.05) is 15.7 Å². The predicted octanol–water partition coefficient (Wildman–Crippen LogP) is 1.25. The van der Waals surface area contributed by atoms with Crippen LogP contribution in [-0.2, 0) is 0 Å².